The third kappa shape index (κ3) is 4.43. The highest BCUT2D eigenvalue weighted by atomic mass is 32.2. The van der Waals surface area contributed by atoms with Crippen LogP contribution in [0.4, 0.5) is 5.69 Å². The van der Waals surface area contributed by atoms with Gasteiger partial charge in [-0.05, 0) is 26.0 Å². The van der Waals surface area contributed by atoms with Crippen LogP contribution in [-0.2, 0) is 19.7 Å². The summed E-state index contributed by atoms with van der Waals surface area (Å²) in [5.74, 6) is -0.605. The van der Waals surface area contributed by atoms with E-state index in [1.807, 2.05) is 31.2 Å². The molecule has 0 saturated carbocycles. The normalized spacial score (nSPS) is 17.8. The molecule has 1 atom stereocenters. The SMILES string of the molecule is COC(=O)[C@@H](C)NS(=O)(=O)N1CCN(c2ccc(C)cc2)CC1. The molecular formula is C15H23N3O4S. The van der Waals surface area contributed by atoms with E-state index in [4.69, 9.17) is 0 Å². The number of carbonyl (C=O) groups excluding carboxylic acids is 1. The summed E-state index contributed by atoms with van der Waals surface area (Å²) in [6.07, 6.45) is 0. The molecule has 1 N–H and O–H groups in total. The predicted molar refractivity (Wildman–Crippen MR) is 88.5 cm³/mol. The van der Waals surface area contributed by atoms with Crippen LogP contribution in [-0.4, -0.2) is 58.0 Å². The summed E-state index contributed by atoms with van der Waals surface area (Å²) >= 11 is 0. The predicted octanol–water partition coefficient (Wildman–Crippen LogP) is 0.513. The van der Waals surface area contributed by atoms with Crippen molar-refractivity contribution < 1.29 is 17.9 Å². The topological polar surface area (TPSA) is 78.9 Å². The summed E-state index contributed by atoms with van der Waals surface area (Å²) < 4.78 is 32.8. The van der Waals surface area contributed by atoms with Gasteiger partial charge >= 0.3 is 5.97 Å². The van der Waals surface area contributed by atoms with E-state index in [0.29, 0.717) is 26.2 Å². The first-order valence-electron chi connectivity index (χ1n) is 7.50. The molecule has 1 aromatic rings. The zero-order valence-corrected chi connectivity index (χ0v) is 14.5. The molecule has 1 aromatic carbocycles. The minimum atomic E-state index is -3.69. The van der Waals surface area contributed by atoms with Crippen molar-refractivity contribution in [1.82, 2.24) is 9.03 Å². The monoisotopic (exact) mass is 341 g/mol. The second kappa shape index (κ2) is 7.29. The number of aryl methyl sites for hydroxylation is 1. The zero-order chi connectivity index (χ0) is 17.0. The number of carbonyl (C=O) groups is 1. The second-order valence-corrected chi connectivity index (χ2v) is 7.29. The van der Waals surface area contributed by atoms with Gasteiger partial charge in [-0.3, -0.25) is 4.79 Å². The fourth-order valence-corrected chi connectivity index (χ4v) is 3.80. The molecule has 1 aliphatic rings. The first kappa shape index (κ1) is 17.7. The molecule has 1 heterocycles. The van der Waals surface area contributed by atoms with E-state index in [2.05, 4.69) is 14.4 Å². The Morgan fingerprint density at radius 1 is 1.17 bits per heavy atom. The van der Waals surface area contributed by atoms with E-state index in [-0.39, 0.29) is 0 Å². The van der Waals surface area contributed by atoms with Crippen molar-refractivity contribution in [2.45, 2.75) is 19.9 Å². The van der Waals surface area contributed by atoms with E-state index in [9.17, 15) is 13.2 Å². The number of nitrogens with one attached hydrogen (secondary N) is 1. The van der Waals surface area contributed by atoms with Gasteiger partial charge in [0.2, 0.25) is 0 Å². The molecule has 0 bridgehead atoms. The van der Waals surface area contributed by atoms with Crippen molar-refractivity contribution in [3.8, 4) is 0 Å². The number of ether oxygens (including phenoxy) is 1. The van der Waals surface area contributed by atoms with Crippen molar-refractivity contribution in [2.75, 3.05) is 38.2 Å². The maximum Gasteiger partial charge on any atom is 0.323 e. The van der Waals surface area contributed by atoms with Gasteiger partial charge in [0.05, 0.1) is 7.11 Å². The minimum Gasteiger partial charge on any atom is -0.468 e. The van der Waals surface area contributed by atoms with Crippen molar-refractivity contribution >= 4 is 21.9 Å². The van der Waals surface area contributed by atoms with Crippen LogP contribution in [0.3, 0.4) is 0 Å². The molecule has 7 nitrogen and oxygen atoms in total. The van der Waals surface area contributed by atoms with Crippen molar-refractivity contribution in [2.24, 2.45) is 0 Å². The van der Waals surface area contributed by atoms with Gasteiger partial charge in [0, 0.05) is 31.9 Å². The fourth-order valence-electron chi connectivity index (χ4n) is 2.47. The average molecular weight is 341 g/mol. The van der Waals surface area contributed by atoms with E-state index >= 15 is 0 Å². The lowest BCUT2D eigenvalue weighted by atomic mass is 10.2. The number of piperazine rings is 1. The van der Waals surface area contributed by atoms with Gasteiger partial charge in [-0.1, -0.05) is 17.7 Å². The van der Waals surface area contributed by atoms with Gasteiger partial charge < -0.3 is 9.64 Å². The number of esters is 1. The van der Waals surface area contributed by atoms with Crippen molar-refractivity contribution in [1.29, 1.82) is 0 Å². The number of methoxy groups -OCH3 is 1. The number of nitrogens with zero attached hydrogens (tertiary/aromatic N) is 2. The molecule has 0 radical (unpaired) electrons. The number of benzene rings is 1. The van der Waals surface area contributed by atoms with E-state index in [1.165, 1.54) is 23.9 Å². The molecule has 0 unspecified atom stereocenters. The lowest BCUT2D eigenvalue weighted by Crippen LogP contribution is -2.54. The van der Waals surface area contributed by atoms with Crippen LogP contribution < -0.4 is 9.62 Å². The third-order valence-corrected chi connectivity index (χ3v) is 5.55. The largest absolute Gasteiger partial charge is 0.468 e. The fraction of sp³-hybridized carbons (Fsp3) is 0.533. The Balaban J connectivity index is 1.95. The van der Waals surface area contributed by atoms with Gasteiger partial charge in [-0.25, -0.2) is 0 Å². The average Bonchev–Trinajstić information content (AvgIpc) is 2.54. The van der Waals surface area contributed by atoms with Crippen molar-refractivity contribution in [3.05, 3.63) is 29.8 Å². The highest BCUT2D eigenvalue weighted by Crippen LogP contribution is 2.18. The summed E-state index contributed by atoms with van der Waals surface area (Å²) in [4.78, 5) is 13.5. The van der Waals surface area contributed by atoms with E-state index < -0.39 is 22.2 Å². The molecule has 0 spiro atoms. The molecule has 0 aliphatic carbocycles. The third-order valence-electron chi connectivity index (χ3n) is 3.86. The Kier molecular flexibility index (Phi) is 5.61. The Morgan fingerprint density at radius 3 is 2.26 bits per heavy atom. The van der Waals surface area contributed by atoms with Crippen LogP contribution in [0.1, 0.15) is 12.5 Å². The lowest BCUT2D eigenvalue weighted by Gasteiger charge is -2.35. The summed E-state index contributed by atoms with van der Waals surface area (Å²) in [5, 5.41) is 0. The molecule has 0 amide bonds. The number of hydrogen-bond acceptors (Lipinski definition) is 5. The highest BCUT2D eigenvalue weighted by Gasteiger charge is 2.30. The summed E-state index contributed by atoms with van der Waals surface area (Å²) in [6, 6.07) is 7.25. The first-order chi connectivity index (χ1) is 10.8. The van der Waals surface area contributed by atoms with Gasteiger partial charge in [-0.15, -0.1) is 0 Å². The number of hydrogen-bond donors (Lipinski definition) is 1. The van der Waals surface area contributed by atoms with Crippen LogP contribution in [0, 0.1) is 6.92 Å². The van der Waals surface area contributed by atoms with Crippen LogP contribution in [0.2, 0.25) is 0 Å². The van der Waals surface area contributed by atoms with Crippen LogP contribution in [0.25, 0.3) is 0 Å². The van der Waals surface area contributed by atoms with Gasteiger partial charge in [0.25, 0.3) is 10.2 Å². The summed E-state index contributed by atoms with van der Waals surface area (Å²) in [6.45, 7) is 5.45. The maximum absolute atomic E-state index is 12.3. The Morgan fingerprint density at radius 2 is 1.74 bits per heavy atom. The molecule has 128 valence electrons. The smallest absolute Gasteiger partial charge is 0.323 e. The van der Waals surface area contributed by atoms with Crippen molar-refractivity contribution in [3.63, 3.8) is 0 Å². The molecule has 1 fully saturated rings. The van der Waals surface area contributed by atoms with Crippen LogP contribution in [0.15, 0.2) is 24.3 Å². The lowest BCUT2D eigenvalue weighted by molar-refractivity contribution is -0.142. The Bertz CT molecular complexity index is 637. The Labute approximate surface area is 137 Å². The standard InChI is InChI=1S/C15H23N3O4S/c1-12-4-6-14(7-5-12)17-8-10-18(11-9-17)23(20,21)16-13(2)15(19)22-3/h4-7,13,16H,8-11H2,1-3H3/t13-/m1/s1. The Hall–Kier alpha value is -1.64. The summed E-state index contributed by atoms with van der Waals surface area (Å²) in [7, 11) is -2.46. The molecule has 8 heteroatoms. The van der Waals surface area contributed by atoms with Gasteiger partial charge in [0.1, 0.15) is 6.04 Å². The maximum atomic E-state index is 12.3. The molecule has 1 saturated heterocycles. The van der Waals surface area contributed by atoms with Crippen LogP contribution in [0.5, 0.6) is 0 Å². The zero-order valence-electron chi connectivity index (χ0n) is 13.7. The quantitative estimate of drug-likeness (QED) is 0.790. The molecule has 2 rings (SSSR count). The molecule has 0 aromatic heterocycles. The van der Waals surface area contributed by atoms with Gasteiger partial charge in [0.15, 0.2) is 0 Å². The van der Waals surface area contributed by atoms with Crippen LogP contribution >= 0.6 is 0 Å². The number of rotatable bonds is 5. The number of anilines is 1. The van der Waals surface area contributed by atoms with Gasteiger partial charge in [-0.2, -0.15) is 17.4 Å². The highest BCUT2D eigenvalue weighted by molar-refractivity contribution is 7.87. The second-order valence-electron chi connectivity index (χ2n) is 5.59. The molecule has 1 aliphatic heterocycles. The summed E-state index contributed by atoms with van der Waals surface area (Å²) in [5.41, 5.74) is 2.28. The minimum absolute atomic E-state index is 0.372. The molecule has 23 heavy (non-hydrogen) atoms. The van der Waals surface area contributed by atoms with E-state index in [1.54, 1.807) is 0 Å². The first-order valence-corrected chi connectivity index (χ1v) is 8.94. The molecular weight excluding hydrogens is 318 g/mol. The van der Waals surface area contributed by atoms with E-state index in [0.717, 1.165) is 5.69 Å².